The van der Waals surface area contributed by atoms with Gasteiger partial charge in [-0.1, -0.05) is 35.9 Å². The number of hydrazone groups is 1. The van der Waals surface area contributed by atoms with Gasteiger partial charge in [0.1, 0.15) is 13.2 Å². The number of carbonyl (C=O) groups excluding carboxylic acids is 2. The summed E-state index contributed by atoms with van der Waals surface area (Å²) in [5, 5.41) is 20.6. The van der Waals surface area contributed by atoms with Gasteiger partial charge in [0, 0.05) is 26.3 Å². The average molecular weight is 718 g/mol. The van der Waals surface area contributed by atoms with Crippen LogP contribution in [0.3, 0.4) is 0 Å². The third-order valence-corrected chi connectivity index (χ3v) is 7.78. The molecule has 0 bridgehead atoms. The lowest BCUT2D eigenvalue weighted by Crippen LogP contribution is -2.45. The highest BCUT2D eigenvalue weighted by Crippen LogP contribution is 2.36. The van der Waals surface area contributed by atoms with Crippen LogP contribution in [0.2, 0.25) is 5.02 Å². The van der Waals surface area contributed by atoms with Crippen LogP contribution in [0, 0.1) is 0 Å². The molecule has 0 aromatic heterocycles. The van der Waals surface area contributed by atoms with Crippen molar-refractivity contribution in [2.24, 2.45) is 5.10 Å². The van der Waals surface area contributed by atoms with E-state index in [4.69, 9.17) is 35.3 Å². The molecule has 4 N–H and O–H groups in total. The molecule has 0 spiro atoms. The first kappa shape index (κ1) is 34.4. The number of amides is 2. The fourth-order valence-corrected chi connectivity index (χ4v) is 5.12. The fourth-order valence-electron chi connectivity index (χ4n) is 4.51. The Hall–Kier alpha value is -4.46. The summed E-state index contributed by atoms with van der Waals surface area (Å²) in [5.74, 6) is 1.13. The minimum absolute atomic E-state index is 0.174. The molecule has 4 rings (SSSR count). The molecule has 1 aliphatic heterocycles. The van der Waals surface area contributed by atoms with Crippen LogP contribution in [0.25, 0.3) is 0 Å². The van der Waals surface area contributed by atoms with Gasteiger partial charge in [-0.15, -0.1) is 0 Å². The summed E-state index contributed by atoms with van der Waals surface area (Å²) < 4.78 is 28.6. The molecule has 0 fully saturated rings. The van der Waals surface area contributed by atoms with E-state index in [0.717, 1.165) is 5.56 Å². The first-order valence-electron chi connectivity index (χ1n) is 14.1. The van der Waals surface area contributed by atoms with Gasteiger partial charge in [0.2, 0.25) is 0 Å². The van der Waals surface area contributed by atoms with Crippen molar-refractivity contribution in [3.05, 3.63) is 92.1 Å². The molecule has 14 heteroatoms. The van der Waals surface area contributed by atoms with Gasteiger partial charge in [0.15, 0.2) is 29.2 Å². The highest BCUT2D eigenvalue weighted by molar-refractivity contribution is 9.10. The van der Waals surface area contributed by atoms with Gasteiger partial charge in [0.25, 0.3) is 0 Å². The molecule has 0 saturated carbocycles. The van der Waals surface area contributed by atoms with Crippen molar-refractivity contribution in [2.75, 3.05) is 27.4 Å². The van der Waals surface area contributed by atoms with Crippen LogP contribution in [0.5, 0.6) is 23.0 Å². The van der Waals surface area contributed by atoms with Crippen LogP contribution in [0.15, 0.2) is 75.4 Å². The summed E-state index contributed by atoms with van der Waals surface area (Å²) in [6, 6.07) is 14.7. The first-order chi connectivity index (χ1) is 22.1. The van der Waals surface area contributed by atoms with Gasteiger partial charge in [-0.3, -0.25) is 5.43 Å². The summed E-state index contributed by atoms with van der Waals surface area (Å²) in [4.78, 5) is 24.6. The molecule has 3 aromatic carbocycles. The molecule has 244 valence electrons. The lowest BCUT2D eigenvalue weighted by Gasteiger charge is -2.28. The number of ether oxygens (including phenoxy) is 5. The number of aliphatic hydroxyl groups excluding tert-OH is 1. The van der Waals surface area contributed by atoms with Gasteiger partial charge in [-0.05, 0) is 65.7 Å². The zero-order chi connectivity index (χ0) is 33.2. The Balaban J connectivity index is 1.39. The Kier molecular flexibility index (Phi) is 12.1. The number of hydrogen-bond acceptors (Lipinski definition) is 10. The van der Waals surface area contributed by atoms with Crippen LogP contribution in [0.4, 0.5) is 4.79 Å². The monoisotopic (exact) mass is 716 g/mol. The number of allylic oxidation sites excluding steroid dienone is 1. The Morgan fingerprint density at radius 3 is 2.57 bits per heavy atom. The maximum Gasteiger partial charge on any atom is 0.337 e. The molecule has 0 unspecified atom stereocenters. The molecule has 0 radical (unpaired) electrons. The normalized spacial score (nSPS) is 15.1. The Morgan fingerprint density at radius 1 is 1.09 bits per heavy atom. The minimum Gasteiger partial charge on any atom is -0.493 e. The second-order valence-corrected chi connectivity index (χ2v) is 11.1. The number of hydrogen-bond donors (Lipinski definition) is 4. The molecule has 3 aromatic rings. The number of rotatable bonds is 14. The van der Waals surface area contributed by atoms with Gasteiger partial charge in [-0.25, -0.2) is 9.59 Å². The van der Waals surface area contributed by atoms with E-state index in [0.29, 0.717) is 55.9 Å². The van der Waals surface area contributed by atoms with E-state index in [2.05, 4.69) is 37.1 Å². The van der Waals surface area contributed by atoms with Crippen LogP contribution in [0.1, 0.15) is 36.6 Å². The molecular formula is C32H34BrClN4O8. The summed E-state index contributed by atoms with van der Waals surface area (Å²) in [6.07, 6.45) is 0.333. The Labute approximate surface area is 279 Å². The fraction of sp³-hybridized carbons (Fsp3) is 0.281. The number of urea groups is 1. The van der Waals surface area contributed by atoms with Crippen molar-refractivity contribution in [3.63, 3.8) is 0 Å². The highest BCUT2D eigenvalue weighted by atomic mass is 79.9. The predicted octanol–water partition coefficient (Wildman–Crippen LogP) is 5.21. The number of carbonyl (C=O) groups is 2. The number of aliphatic hydroxyl groups is 1. The van der Waals surface area contributed by atoms with Crippen molar-refractivity contribution < 1.29 is 38.4 Å². The number of esters is 1. The van der Waals surface area contributed by atoms with Crippen LogP contribution >= 0.6 is 27.5 Å². The average Bonchev–Trinajstić information content (AvgIpc) is 3.04. The summed E-state index contributed by atoms with van der Waals surface area (Å²) >= 11 is 9.76. The highest BCUT2D eigenvalue weighted by Gasteiger charge is 2.32. The van der Waals surface area contributed by atoms with Gasteiger partial charge in [-0.2, -0.15) is 5.10 Å². The Morgan fingerprint density at radius 2 is 1.85 bits per heavy atom. The van der Waals surface area contributed by atoms with E-state index in [1.165, 1.54) is 20.4 Å². The lowest BCUT2D eigenvalue weighted by atomic mass is 9.95. The van der Waals surface area contributed by atoms with Gasteiger partial charge in [0.05, 0.1) is 38.7 Å². The Bertz CT molecular complexity index is 1630. The number of nitrogens with one attached hydrogen (secondary N) is 3. The van der Waals surface area contributed by atoms with Crippen molar-refractivity contribution in [1.29, 1.82) is 0 Å². The first-order valence-corrected chi connectivity index (χ1v) is 15.3. The SMILES string of the molecule is CCOc1cc([C@H]2NC(=O)NC(C)=C2C(=O)OC)ccc1OC[C@H](O)N/N=C\c1cc(OC)c(OCc2ccccc2Cl)cc1Br. The summed E-state index contributed by atoms with van der Waals surface area (Å²) in [6.45, 7) is 3.84. The van der Waals surface area contributed by atoms with Crippen LogP contribution < -0.4 is 35.0 Å². The third-order valence-electron chi connectivity index (χ3n) is 6.72. The van der Waals surface area contributed by atoms with E-state index in [1.54, 1.807) is 43.3 Å². The molecule has 12 nitrogen and oxygen atoms in total. The minimum atomic E-state index is -1.18. The molecule has 2 amide bonds. The summed E-state index contributed by atoms with van der Waals surface area (Å²) in [7, 11) is 2.81. The molecule has 1 heterocycles. The molecular weight excluding hydrogens is 684 g/mol. The standard InChI is InChI=1S/C32H34BrClN4O8/c1-5-44-26-12-19(30-29(31(40)43-4)18(2)36-32(41)37-30)10-11-24(26)46-17-28(39)38-35-15-21-13-25(42-3)27(14-22(21)33)45-16-20-8-6-7-9-23(20)34/h6-15,28,30,38-39H,5,16-17H2,1-4H3,(H2,36,37,41)/b35-15-/t28-,30+/m0/s1. The van der Waals surface area contributed by atoms with E-state index in [9.17, 15) is 14.7 Å². The second-order valence-electron chi connectivity index (χ2n) is 9.82. The number of benzene rings is 3. The lowest BCUT2D eigenvalue weighted by molar-refractivity contribution is -0.136. The molecule has 1 aliphatic rings. The zero-order valence-electron chi connectivity index (χ0n) is 25.6. The van der Waals surface area contributed by atoms with Gasteiger partial charge >= 0.3 is 12.0 Å². The van der Waals surface area contributed by atoms with Gasteiger partial charge < -0.3 is 39.4 Å². The van der Waals surface area contributed by atoms with Crippen LogP contribution in [-0.2, 0) is 16.1 Å². The largest absolute Gasteiger partial charge is 0.493 e. The van der Waals surface area contributed by atoms with E-state index in [-0.39, 0.29) is 18.8 Å². The topological polar surface area (TPSA) is 149 Å². The number of methoxy groups -OCH3 is 2. The maximum absolute atomic E-state index is 12.5. The second kappa shape index (κ2) is 16.2. The van der Waals surface area contributed by atoms with Crippen molar-refractivity contribution in [1.82, 2.24) is 16.1 Å². The maximum atomic E-state index is 12.5. The molecule has 0 saturated heterocycles. The smallest absolute Gasteiger partial charge is 0.337 e. The van der Waals surface area contributed by atoms with Crippen molar-refractivity contribution >= 4 is 45.7 Å². The van der Waals surface area contributed by atoms with E-state index >= 15 is 0 Å². The third kappa shape index (κ3) is 8.62. The molecule has 0 aliphatic carbocycles. The van der Waals surface area contributed by atoms with Crippen LogP contribution in [-0.4, -0.2) is 57.0 Å². The van der Waals surface area contributed by atoms with Crippen molar-refractivity contribution in [3.8, 4) is 23.0 Å². The van der Waals surface area contributed by atoms with Crippen molar-refractivity contribution in [2.45, 2.75) is 32.7 Å². The summed E-state index contributed by atoms with van der Waals surface area (Å²) in [5.41, 5.74) is 5.35. The van der Waals surface area contributed by atoms with E-state index < -0.39 is 24.3 Å². The predicted molar refractivity (Wildman–Crippen MR) is 175 cm³/mol. The molecule has 2 atom stereocenters. The molecule has 46 heavy (non-hydrogen) atoms. The zero-order valence-corrected chi connectivity index (χ0v) is 27.9. The quantitative estimate of drug-likeness (QED) is 0.0764. The number of halogens is 2. The van der Waals surface area contributed by atoms with E-state index in [1.807, 2.05) is 25.1 Å². The number of nitrogens with zero attached hydrogens (tertiary/aromatic N) is 1.